The quantitative estimate of drug-likeness (QED) is 0.801. The molecule has 0 radical (unpaired) electrons. The van der Waals surface area contributed by atoms with Crippen molar-refractivity contribution in [1.29, 1.82) is 0 Å². The summed E-state index contributed by atoms with van der Waals surface area (Å²) in [6.45, 7) is 4.38. The maximum absolute atomic E-state index is 13.1. The number of carbonyl (C=O) groups excluding carboxylic acids is 2. The molecule has 0 N–H and O–H groups in total. The number of anilines is 1. The minimum absolute atomic E-state index is 0.0277. The molecule has 29 heavy (non-hydrogen) atoms. The Labute approximate surface area is 171 Å². The molecule has 0 spiro atoms. The Hall–Kier alpha value is -2.96. The number of carbonyl (C=O) groups is 2. The molecule has 2 aromatic heterocycles. The summed E-state index contributed by atoms with van der Waals surface area (Å²) in [5, 5.41) is 0. The molecule has 7 nitrogen and oxygen atoms in total. The van der Waals surface area contributed by atoms with E-state index in [0.29, 0.717) is 30.8 Å². The zero-order valence-corrected chi connectivity index (χ0v) is 16.7. The maximum Gasteiger partial charge on any atom is 0.257 e. The highest BCUT2D eigenvalue weighted by Crippen LogP contribution is 2.23. The smallest absolute Gasteiger partial charge is 0.257 e. The number of rotatable bonds is 3. The summed E-state index contributed by atoms with van der Waals surface area (Å²) in [6.07, 6.45) is 9.19. The van der Waals surface area contributed by atoms with Crippen molar-refractivity contribution >= 4 is 17.6 Å². The molecule has 0 aromatic carbocycles. The molecule has 2 fully saturated rings. The second kappa shape index (κ2) is 9.03. The van der Waals surface area contributed by atoms with Gasteiger partial charge in [-0.25, -0.2) is 4.98 Å². The van der Waals surface area contributed by atoms with Gasteiger partial charge in [-0.3, -0.25) is 14.6 Å². The topological polar surface area (TPSA) is 69.6 Å². The van der Waals surface area contributed by atoms with E-state index in [1.807, 2.05) is 21.9 Å². The predicted octanol–water partition coefficient (Wildman–Crippen LogP) is 2.46. The van der Waals surface area contributed by atoms with Crippen molar-refractivity contribution in [2.45, 2.75) is 25.7 Å². The second-order valence-corrected chi connectivity index (χ2v) is 7.60. The molecule has 2 amide bonds. The van der Waals surface area contributed by atoms with Gasteiger partial charge in [-0.2, -0.15) is 0 Å². The molecule has 2 aromatic rings. The first-order valence-electron chi connectivity index (χ1n) is 10.4. The van der Waals surface area contributed by atoms with Crippen LogP contribution in [0.15, 0.2) is 42.9 Å². The van der Waals surface area contributed by atoms with Crippen molar-refractivity contribution in [3.8, 4) is 0 Å². The largest absolute Gasteiger partial charge is 0.354 e. The molecule has 0 bridgehead atoms. The fourth-order valence-corrected chi connectivity index (χ4v) is 4.09. The van der Waals surface area contributed by atoms with Crippen LogP contribution < -0.4 is 4.90 Å². The normalized spacial score (nSPS) is 17.7. The first-order chi connectivity index (χ1) is 14.2. The fourth-order valence-electron chi connectivity index (χ4n) is 4.09. The number of hydrogen-bond donors (Lipinski definition) is 0. The summed E-state index contributed by atoms with van der Waals surface area (Å²) in [4.78, 5) is 40.4. The van der Waals surface area contributed by atoms with Gasteiger partial charge in [-0.1, -0.05) is 0 Å². The molecule has 0 atom stereocenters. The van der Waals surface area contributed by atoms with Gasteiger partial charge in [0.05, 0.1) is 5.56 Å². The summed E-state index contributed by atoms with van der Waals surface area (Å²) >= 11 is 0. The molecule has 0 aliphatic carbocycles. The van der Waals surface area contributed by atoms with Crippen LogP contribution in [0.25, 0.3) is 0 Å². The van der Waals surface area contributed by atoms with Crippen LogP contribution in [0.5, 0.6) is 0 Å². The van der Waals surface area contributed by atoms with Crippen molar-refractivity contribution in [2.75, 3.05) is 44.2 Å². The van der Waals surface area contributed by atoms with E-state index in [4.69, 9.17) is 0 Å². The summed E-state index contributed by atoms with van der Waals surface area (Å²) in [5.41, 5.74) is 1.33. The van der Waals surface area contributed by atoms with Crippen LogP contribution in [0, 0.1) is 0 Å². The first-order valence-corrected chi connectivity index (χ1v) is 10.4. The van der Waals surface area contributed by atoms with Gasteiger partial charge in [0.25, 0.3) is 11.8 Å². The van der Waals surface area contributed by atoms with Gasteiger partial charge in [0.2, 0.25) is 0 Å². The average Bonchev–Trinajstić information content (AvgIpc) is 3.05. The Kier molecular flexibility index (Phi) is 6.03. The number of pyridine rings is 2. The Morgan fingerprint density at radius 1 is 0.724 bits per heavy atom. The van der Waals surface area contributed by atoms with Gasteiger partial charge in [0.1, 0.15) is 5.82 Å². The predicted molar refractivity (Wildman–Crippen MR) is 111 cm³/mol. The Morgan fingerprint density at radius 3 is 2.24 bits per heavy atom. The van der Waals surface area contributed by atoms with Gasteiger partial charge < -0.3 is 14.7 Å². The average molecular weight is 393 g/mol. The molecular weight excluding hydrogens is 366 g/mol. The third-order valence-electron chi connectivity index (χ3n) is 5.67. The van der Waals surface area contributed by atoms with Crippen molar-refractivity contribution in [1.82, 2.24) is 19.8 Å². The van der Waals surface area contributed by atoms with E-state index in [0.717, 1.165) is 44.7 Å². The molecule has 0 unspecified atom stereocenters. The van der Waals surface area contributed by atoms with Gasteiger partial charge in [-0.15, -0.1) is 0 Å². The van der Waals surface area contributed by atoms with E-state index in [-0.39, 0.29) is 11.8 Å². The number of likely N-dealkylation sites (tertiary alicyclic amines) is 1. The van der Waals surface area contributed by atoms with Gasteiger partial charge in [0, 0.05) is 63.4 Å². The summed E-state index contributed by atoms with van der Waals surface area (Å²) < 4.78 is 0. The van der Waals surface area contributed by atoms with Crippen molar-refractivity contribution in [3.63, 3.8) is 0 Å². The maximum atomic E-state index is 13.1. The summed E-state index contributed by atoms with van der Waals surface area (Å²) in [5.74, 6) is 0.836. The lowest BCUT2D eigenvalue weighted by atomic mass is 10.1. The van der Waals surface area contributed by atoms with Crippen LogP contribution in [0.3, 0.4) is 0 Å². The third kappa shape index (κ3) is 4.39. The van der Waals surface area contributed by atoms with Crippen LogP contribution in [0.1, 0.15) is 46.4 Å². The van der Waals surface area contributed by atoms with E-state index >= 15 is 0 Å². The minimum atomic E-state index is 0.0277. The summed E-state index contributed by atoms with van der Waals surface area (Å²) in [7, 11) is 0. The van der Waals surface area contributed by atoms with E-state index in [1.165, 1.54) is 6.42 Å². The fraction of sp³-hybridized carbons (Fsp3) is 0.455. The van der Waals surface area contributed by atoms with Crippen molar-refractivity contribution in [3.05, 3.63) is 54.0 Å². The van der Waals surface area contributed by atoms with Crippen LogP contribution in [0.4, 0.5) is 5.82 Å². The monoisotopic (exact) mass is 393 g/mol. The molecule has 4 rings (SSSR count). The van der Waals surface area contributed by atoms with Crippen LogP contribution in [-0.2, 0) is 0 Å². The van der Waals surface area contributed by atoms with E-state index in [1.54, 1.807) is 30.7 Å². The van der Waals surface area contributed by atoms with Crippen LogP contribution in [0.2, 0.25) is 0 Å². The van der Waals surface area contributed by atoms with Crippen molar-refractivity contribution < 1.29 is 9.59 Å². The standard InChI is InChI=1S/C22H27N5O2/c28-21(18-7-10-23-11-8-18)27-15-5-14-25(16-17-27)20-19(6-4-9-24-20)22(29)26-12-2-1-3-13-26/h4,6-11H,1-3,5,12-17H2. The van der Waals surface area contributed by atoms with Gasteiger partial charge in [-0.05, 0) is 49.9 Å². The number of amides is 2. The lowest BCUT2D eigenvalue weighted by Gasteiger charge is -2.29. The summed E-state index contributed by atoms with van der Waals surface area (Å²) in [6, 6.07) is 7.21. The van der Waals surface area contributed by atoms with E-state index in [9.17, 15) is 9.59 Å². The molecular formula is C22H27N5O2. The highest BCUT2D eigenvalue weighted by molar-refractivity contribution is 5.99. The Bertz CT molecular complexity index is 851. The number of hydrogen-bond acceptors (Lipinski definition) is 5. The number of aromatic nitrogens is 2. The zero-order chi connectivity index (χ0) is 20.1. The van der Waals surface area contributed by atoms with Crippen molar-refractivity contribution in [2.24, 2.45) is 0 Å². The van der Waals surface area contributed by atoms with Gasteiger partial charge >= 0.3 is 0 Å². The lowest BCUT2D eigenvalue weighted by molar-refractivity contribution is 0.0722. The number of nitrogens with zero attached hydrogens (tertiary/aromatic N) is 5. The lowest BCUT2D eigenvalue weighted by Crippen LogP contribution is -2.38. The molecule has 2 saturated heterocycles. The van der Waals surface area contributed by atoms with E-state index in [2.05, 4.69) is 14.9 Å². The Balaban J connectivity index is 1.48. The Morgan fingerprint density at radius 2 is 1.45 bits per heavy atom. The molecule has 4 heterocycles. The molecule has 0 saturated carbocycles. The molecule has 152 valence electrons. The highest BCUT2D eigenvalue weighted by Gasteiger charge is 2.26. The highest BCUT2D eigenvalue weighted by atomic mass is 16.2. The second-order valence-electron chi connectivity index (χ2n) is 7.60. The zero-order valence-electron chi connectivity index (χ0n) is 16.7. The van der Waals surface area contributed by atoms with Crippen LogP contribution >= 0.6 is 0 Å². The molecule has 2 aliphatic rings. The SMILES string of the molecule is O=C(c1ccncc1)N1CCCN(c2ncccc2C(=O)N2CCCCC2)CC1. The van der Waals surface area contributed by atoms with Gasteiger partial charge in [0.15, 0.2) is 0 Å². The van der Waals surface area contributed by atoms with E-state index < -0.39 is 0 Å². The number of piperidine rings is 1. The molecule has 7 heteroatoms. The first kappa shape index (κ1) is 19.4. The van der Waals surface area contributed by atoms with Crippen LogP contribution in [-0.4, -0.2) is 70.9 Å². The minimum Gasteiger partial charge on any atom is -0.354 e. The molecule has 2 aliphatic heterocycles. The third-order valence-corrected chi connectivity index (χ3v) is 5.67.